The molecule has 0 unspecified atom stereocenters. The van der Waals surface area contributed by atoms with Crippen molar-refractivity contribution in [2.45, 2.75) is 19.3 Å². The third kappa shape index (κ3) is 2.75. The van der Waals surface area contributed by atoms with E-state index in [1.165, 1.54) is 60.9 Å². The Kier molecular flexibility index (Phi) is 4.40. The second-order valence-corrected chi connectivity index (χ2v) is 10.6. The molecule has 1 nitrogen and oxygen atoms in total. The quantitative estimate of drug-likeness (QED) is 0.217. The van der Waals surface area contributed by atoms with E-state index in [1.807, 2.05) is 0 Å². The lowest BCUT2D eigenvalue weighted by atomic mass is 9.63. The number of rotatable bonds is 2. The lowest BCUT2D eigenvalue weighted by molar-refractivity contribution is 0.726. The summed E-state index contributed by atoms with van der Waals surface area (Å²) in [6.45, 7) is 4.32. The number of aromatic nitrogens is 1. The highest BCUT2D eigenvalue weighted by Crippen LogP contribution is 2.54. The molecule has 6 aromatic rings. The second-order valence-electron chi connectivity index (χ2n) is 9.70. The normalized spacial score (nSPS) is 13.8. The Hall–Kier alpha value is -3.62. The highest BCUT2D eigenvalue weighted by atomic mass is 79.9. The molecule has 0 saturated carbocycles. The van der Waals surface area contributed by atoms with Gasteiger partial charge in [-0.25, -0.2) is 0 Å². The van der Waals surface area contributed by atoms with Gasteiger partial charge in [-0.15, -0.1) is 0 Å². The standard InChI is InChI=1S/C33H24BrN/c1-21-10-14-23(15-11-21)33(24-16-12-22(2)13-17-24)28-8-5-7-27-26-6-3-4-9-30(26)35(32(27)28)31-19-18-25(34)20-29(31)33/h3-20H,1-2H3. The summed E-state index contributed by atoms with van der Waals surface area (Å²) in [5.41, 5.74) is 11.1. The van der Waals surface area contributed by atoms with Crippen LogP contribution in [0.5, 0.6) is 0 Å². The first-order chi connectivity index (χ1) is 17.1. The Labute approximate surface area is 213 Å². The van der Waals surface area contributed by atoms with E-state index in [0.29, 0.717) is 0 Å². The molecule has 0 atom stereocenters. The first-order valence-electron chi connectivity index (χ1n) is 12.1. The highest BCUT2D eigenvalue weighted by Gasteiger charge is 2.45. The molecule has 0 fully saturated rings. The number of nitrogens with zero attached hydrogens (tertiary/aromatic N) is 1. The van der Waals surface area contributed by atoms with Crippen LogP contribution in [-0.4, -0.2) is 4.57 Å². The molecular weight excluding hydrogens is 490 g/mol. The van der Waals surface area contributed by atoms with E-state index in [0.717, 1.165) is 4.47 Å². The van der Waals surface area contributed by atoms with Gasteiger partial charge in [0.1, 0.15) is 0 Å². The monoisotopic (exact) mass is 513 g/mol. The maximum Gasteiger partial charge on any atom is 0.0742 e. The maximum atomic E-state index is 3.82. The third-order valence-corrected chi connectivity index (χ3v) is 8.16. The van der Waals surface area contributed by atoms with Crippen LogP contribution in [-0.2, 0) is 5.41 Å². The topological polar surface area (TPSA) is 4.93 Å². The molecule has 35 heavy (non-hydrogen) atoms. The fourth-order valence-electron chi connectivity index (χ4n) is 6.12. The van der Waals surface area contributed by atoms with Gasteiger partial charge in [0.25, 0.3) is 0 Å². The zero-order valence-electron chi connectivity index (χ0n) is 19.7. The number of hydrogen-bond donors (Lipinski definition) is 0. The molecule has 2 heterocycles. The fraction of sp³-hybridized carbons (Fsp3) is 0.0909. The smallest absolute Gasteiger partial charge is 0.0742 e. The Morgan fingerprint density at radius 3 is 1.91 bits per heavy atom. The van der Waals surface area contributed by atoms with Crippen LogP contribution in [0.15, 0.2) is 114 Å². The van der Waals surface area contributed by atoms with Crippen molar-refractivity contribution in [3.63, 3.8) is 0 Å². The summed E-state index contributed by atoms with van der Waals surface area (Å²) in [7, 11) is 0. The molecule has 1 aromatic heterocycles. The molecule has 5 aromatic carbocycles. The zero-order chi connectivity index (χ0) is 23.7. The van der Waals surface area contributed by atoms with Gasteiger partial charge in [0.2, 0.25) is 0 Å². The van der Waals surface area contributed by atoms with Gasteiger partial charge in [-0.3, -0.25) is 0 Å². The van der Waals surface area contributed by atoms with Crippen LogP contribution in [0, 0.1) is 13.8 Å². The van der Waals surface area contributed by atoms with Crippen molar-refractivity contribution in [1.82, 2.24) is 4.57 Å². The van der Waals surface area contributed by atoms with Crippen LogP contribution in [0.4, 0.5) is 0 Å². The molecule has 0 spiro atoms. The number of benzene rings is 5. The van der Waals surface area contributed by atoms with Crippen molar-refractivity contribution >= 4 is 37.7 Å². The molecule has 2 heteroatoms. The van der Waals surface area contributed by atoms with Crippen LogP contribution >= 0.6 is 15.9 Å². The second kappa shape index (κ2) is 7.44. The average Bonchev–Trinajstić information content (AvgIpc) is 3.22. The van der Waals surface area contributed by atoms with Gasteiger partial charge in [0, 0.05) is 15.2 Å². The molecule has 1 aliphatic rings. The van der Waals surface area contributed by atoms with Gasteiger partial charge in [0.15, 0.2) is 0 Å². The van der Waals surface area contributed by atoms with Gasteiger partial charge in [-0.2, -0.15) is 0 Å². The van der Waals surface area contributed by atoms with Crippen molar-refractivity contribution < 1.29 is 0 Å². The molecule has 0 aliphatic carbocycles. The lowest BCUT2D eigenvalue weighted by Crippen LogP contribution is -2.35. The molecular formula is C33H24BrN. The van der Waals surface area contributed by atoms with Gasteiger partial charge in [-0.1, -0.05) is 112 Å². The van der Waals surface area contributed by atoms with E-state index in [-0.39, 0.29) is 0 Å². The van der Waals surface area contributed by atoms with Gasteiger partial charge < -0.3 is 4.57 Å². The predicted molar refractivity (Wildman–Crippen MR) is 150 cm³/mol. The minimum absolute atomic E-state index is 0.440. The molecule has 0 bridgehead atoms. The zero-order valence-corrected chi connectivity index (χ0v) is 21.3. The Bertz CT molecular complexity index is 1710. The average molecular weight is 514 g/mol. The van der Waals surface area contributed by atoms with E-state index < -0.39 is 5.41 Å². The lowest BCUT2D eigenvalue weighted by Gasteiger charge is -2.42. The fourth-order valence-corrected chi connectivity index (χ4v) is 6.48. The van der Waals surface area contributed by atoms with E-state index in [2.05, 4.69) is 144 Å². The van der Waals surface area contributed by atoms with Crippen LogP contribution < -0.4 is 0 Å². The summed E-state index contributed by atoms with van der Waals surface area (Å²) < 4.78 is 3.56. The summed E-state index contributed by atoms with van der Waals surface area (Å²) >= 11 is 3.82. The highest BCUT2D eigenvalue weighted by molar-refractivity contribution is 9.10. The van der Waals surface area contributed by atoms with Crippen molar-refractivity contribution in [1.29, 1.82) is 0 Å². The molecule has 0 radical (unpaired) electrons. The van der Waals surface area contributed by atoms with E-state index >= 15 is 0 Å². The number of para-hydroxylation sites is 2. The molecule has 1 aliphatic heterocycles. The minimum Gasteiger partial charge on any atom is -0.309 e. The first-order valence-corrected chi connectivity index (χ1v) is 12.9. The molecule has 168 valence electrons. The molecule has 7 rings (SSSR count). The number of fused-ring (bicyclic) bond motifs is 5. The Balaban J connectivity index is 1.77. The number of hydrogen-bond acceptors (Lipinski definition) is 0. The summed E-state index contributed by atoms with van der Waals surface area (Å²) in [4.78, 5) is 0. The van der Waals surface area contributed by atoms with Gasteiger partial charge in [-0.05, 0) is 60.4 Å². The third-order valence-electron chi connectivity index (χ3n) is 7.67. The summed E-state index contributed by atoms with van der Waals surface area (Å²) in [6, 6.07) is 40.6. The summed E-state index contributed by atoms with van der Waals surface area (Å²) in [5.74, 6) is 0. The van der Waals surface area contributed by atoms with Crippen LogP contribution in [0.25, 0.3) is 27.5 Å². The van der Waals surface area contributed by atoms with Crippen molar-refractivity contribution in [3.05, 3.63) is 147 Å². The first kappa shape index (κ1) is 20.7. The predicted octanol–water partition coefficient (Wildman–Crippen LogP) is 8.86. The van der Waals surface area contributed by atoms with Crippen molar-refractivity contribution in [3.8, 4) is 5.69 Å². The van der Waals surface area contributed by atoms with Crippen LogP contribution in [0.2, 0.25) is 0 Å². The Morgan fingerprint density at radius 2 is 1.23 bits per heavy atom. The van der Waals surface area contributed by atoms with E-state index in [1.54, 1.807) is 0 Å². The molecule has 0 N–H and O–H groups in total. The summed E-state index contributed by atoms with van der Waals surface area (Å²) in [6.07, 6.45) is 0. The maximum absolute atomic E-state index is 3.82. The Morgan fingerprint density at radius 1 is 0.600 bits per heavy atom. The number of aryl methyl sites for hydroxylation is 2. The number of halogens is 1. The van der Waals surface area contributed by atoms with Crippen molar-refractivity contribution in [2.75, 3.05) is 0 Å². The SMILES string of the molecule is Cc1ccc(C2(c3ccc(C)cc3)c3cc(Br)ccc3-n3c4ccccc4c4cccc2c43)cc1. The minimum atomic E-state index is -0.440. The largest absolute Gasteiger partial charge is 0.309 e. The van der Waals surface area contributed by atoms with E-state index in [4.69, 9.17) is 0 Å². The summed E-state index contributed by atoms with van der Waals surface area (Å²) in [5, 5.41) is 2.59. The van der Waals surface area contributed by atoms with Crippen LogP contribution in [0.3, 0.4) is 0 Å². The van der Waals surface area contributed by atoms with Crippen LogP contribution in [0.1, 0.15) is 33.4 Å². The van der Waals surface area contributed by atoms with E-state index in [9.17, 15) is 0 Å². The molecule has 0 saturated heterocycles. The van der Waals surface area contributed by atoms with Gasteiger partial charge in [0.05, 0.1) is 22.1 Å². The molecule has 0 amide bonds. The van der Waals surface area contributed by atoms with Crippen molar-refractivity contribution in [2.24, 2.45) is 0 Å². The van der Waals surface area contributed by atoms with Gasteiger partial charge >= 0.3 is 0 Å².